The molecule has 0 aliphatic rings. The Morgan fingerprint density at radius 3 is 0.889 bits per heavy atom. The van der Waals surface area contributed by atoms with E-state index in [0.717, 1.165) is 79.4 Å². The molecule has 6 aromatic rings. The summed E-state index contributed by atoms with van der Waals surface area (Å²) < 4.78 is 7.59. The number of hydrogen-bond acceptors (Lipinski definition) is 6. The van der Waals surface area contributed by atoms with E-state index < -0.39 is 0 Å². The maximum atomic E-state index is 4.82. The van der Waals surface area contributed by atoms with Gasteiger partial charge in [0, 0.05) is 22.8 Å². The van der Waals surface area contributed by atoms with E-state index in [1.807, 2.05) is 43.5 Å². The Labute approximate surface area is 275 Å². The van der Waals surface area contributed by atoms with E-state index in [-0.39, 0.29) is 16.8 Å². The van der Waals surface area contributed by atoms with Crippen LogP contribution in [-0.2, 0) is 16.8 Å². The molecule has 0 bridgehead atoms. The van der Waals surface area contributed by atoms with Crippen LogP contribution in [0.25, 0.3) is 23.3 Å². The van der Waals surface area contributed by atoms with Crippen LogP contribution in [0, 0.1) is 83.1 Å². The number of aryl methyl sites for hydroxylation is 6. The van der Waals surface area contributed by atoms with Crippen LogP contribution in [-0.4, -0.2) is 49.1 Å². The summed E-state index contributed by atoms with van der Waals surface area (Å²) in [5, 5.41) is 17.8. The molecule has 0 atom stereocenters. The van der Waals surface area contributed by atoms with E-state index in [0.29, 0.717) is 0 Å². The van der Waals surface area contributed by atoms with Gasteiger partial charge in [0.2, 0.25) is 0 Å². The van der Waals surface area contributed by atoms with Crippen molar-refractivity contribution in [1.82, 2.24) is 49.1 Å². The van der Waals surface area contributed by atoms with Gasteiger partial charge in [0.15, 0.2) is 23.3 Å². The summed E-state index contributed by atoms with van der Waals surface area (Å²) in [5.41, 5.74) is 13.7. The standard InChI is InChI=1S/2C17H21N5.Co/c2*1-10-7-16(21-14(5)11(2)8-18-21)20-17(13(10)4)22-15(6)12(3)9-19-22;/h2*7-9H,1-6H3;/q;;+3. The van der Waals surface area contributed by atoms with Gasteiger partial charge >= 0.3 is 16.8 Å². The number of aromatic nitrogens is 10. The predicted octanol–water partition coefficient (Wildman–Crippen LogP) is 6.60. The van der Waals surface area contributed by atoms with Crippen LogP contribution in [0.2, 0.25) is 0 Å². The average Bonchev–Trinajstić information content (AvgIpc) is 3.72. The molecule has 0 aliphatic heterocycles. The Morgan fingerprint density at radius 2 is 0.644 bits per heavy atom. The molecule has 45 heavy (non-hydrogen) atoms. The minimum absolute atomic E-state index is 0. The molecule has 10 nitrogen and oxygen atoms in total. The van der Waals surface area contributed by atoms with Crippen LogP contribution in [0.5, 0.6) is 0 Å². The van der Waals surface area contributed by atoms with Crippen LogP contribution in [0.4, 0.5) is 0 Å². The molecule has 0 spiro atoms. The first-order chi connectivity index (χ1) is 20.8. The van der Waals surface area contributed by atoms with Gasteiger partial charge in [0.05, 0.1) is 24.8 Å². The van der Waals surface area contributed by atoms with Crippen molar-refractivity contribution in [2.75, 3.05) is 0 Å². The molecule has 0 aliphatic carbocycles. The van der Waals surface area contributed by atoms with Crippen molar-refractivity contribution in [3.05, 3.63) is 104 Å². The molecule has 0 unspecified atom stereocenters. The molecule has 0 aromatic carbocycles. The molecule has 0 saturated carbocycles. The number of pyridine rings is 2. The van der Waals surface area contributed by atoms with Crippen LogP contribution in [0.15, 0.2) is 36.9 Å². The first kappa shape index (κ1) is 33.5. The van der Waals surface area contributed by atoms with E-state index in [1.54, 1.807) is 0 Å². The SMILES string of the molecule is Cc1cc(-n2ncc(C)c2C)nc(-n2ncc(C)c2C)c1C.Cc1cc(-n2ncc(C)c2C)nc(-n2ncc(C)c2C)c1C.[Co+3]. The summed E-state index contributed by atoms with van der Waals surface area (Å²) in [5.74, 6) is 3.40. The Morgan fingerprint density at radius 1 is 0.378 bits per heavy atom. The zero-order valence-electron chi connectivity index (χ0n) is 28.3. The second-order valence-electron chi connectivity index (χ2n) is 11.8. The summed E-state index contributed by atoms with van der Waals surface area (Å²) >= 11 is 0. The number of hydrogen-bond donors (Lipinski definition) is 0. The third-order valence-corrected chi connectivity index (χ3v) is 8.84. The van der Waals surface area contributed by atoms with Gasteiger partial charge in [0.25, 0.3) is 0 Å². The Bertz CT molecular complexity index is 1860. The van der Waals surface area contributed by atoms with Gasteiger partial charge in [0.1, 0.15) is 0 Å². The minimum Gasteiger partial charge on any atom is -0.219 e. The number of rotatable bonds is 4. The third-order valence-electron chi connectivity index (χ3n) is 8.84. The molecule has 11 heteroatoms. The van der Waals surface area contributed by atoms with Gasteiger partial charge < -0.3 is 0 Å². The molecule has 6 heterocycles. The van der Waals surface area contributed by atoms with E-state index in [1.165, 1.54) is 11.1 Å². The second-order valence-corrected chi connectivity index (χ2v) is 11.8. The van der Waals surface area contributed by atoms with E-state index in [2.05, 4.69) is 116 Å². The summed E-state index contributed by atoms with van der Waals surface area (Å²) in [6, 6.07) is 4.15. The van der Waals surface area contributed by atoms with Crippen LogP contribution in [0.1, 0.15) is 67.3 Å². The molecule has 0 fully saturated rings. The van der Waals surface area contributed by atoms with Crippen molar-refractivity contribution < 1.29 is 16.8 Å². The molecular formula is C34H42CoN10+3. The van der Waals surface area contributed by atoms with Crippen molar-refractivity contribution in [1.29, 1.82) is 0 Å². The fourth-order valence-electron chi connectivity index (χ4n) is 4.89. The Hall–Kier alpha value is -4.35. The van der Waals surface area contributed by atoms with Crippen LogP contribution in [0.3, 0.4) is 0 Å². The zero-order chi connectivity index (χ0) is 32.0. The molecular weight excluding hydrogens is 607 g/mol. The van der Waals surface area contributed by atoms with Crippen molar-refractivity contribution in [3.8, 4) is 23.3 Å². The monoisotopic (exact) mass is 649 g/mol. The maximum absolute atomic E-state index is 4.82. The third kappa shape index (κ3) is 6.14. The van der Waals surface area contributed by atoms with Crippen LogP contribution >= 0.6 is 0 Å². The first-order valence-electron chi connectivity index (χ1n) is 14.8. The first-order valence-corrected chi connectivity index (χ1v) is 14.8. The summed E-state index contributed by atoms with van der Waals surface area (Å²) in [6.07, 6.45) is 7.49. The smallest absolute Gasteiger partial charge is 0.219 e. The predicted molar refractivity (Wildman–Crippen MR) is 174 cm³/mol. The topological polar surface area (TPSA) is 97.1 Å². The quantitative estimate of drug-likeness (QED) is 0.213. The van der Waals surface area contributed by atoms with E-state index >= 15 is 0 Å². The molecule has 6 rings (SSSR count). The number of nitrogens with zero attached hydrogens (tertiary/aromatic N) is 10. The van der Waals surface area contributed by atoms with E-state index in [9.17, 15) is 0 Å². The average molecular weight is 650 g/mol. The summed E-state index contributed by atoms with van der Waals surface area (Å²) in [6.45, 7) is 24.8. The molecule has 0 N–H and O–H groups in total. The molecule has 0 radical (unpaired) electrons. The van der Waals surface area contributed by atoms with Gasteiger partial charge in [-0.1, -0.05) is 0 Å². The largest absolute Gasteiger partial charge is 3.00 e. The van der Waals surface area contributed by atoms with Crippen molar-refractivity contribution in [3.63, 3.8) is 0 Å². The maximum Gasteiger partial charge on any atom is 3.00 e. The van der Waals surface area contributed by atoms with Crippen molar-refractivity contribution in [2.24, 2.45) is 0 Å². The normalized spacial score (nSPS) is 10.9. The minimum atomic E-state index is 0. The fourth-order valence-corrected chi connectivity index (χ4v) is 4.89. The van der Waals surface area contributed by atoms with Crippen molar-refractivity contribution >= 4 is 0 Å². The van der Waals surface area contributed by atoms with Gasteiger partial charge in [-0.3, -0.25) is 0 Å². The summed E-state index contributed by atoms with van der Waals surface area (Å²) in [4.78, 5) is 9.65. The Balaban J connectivity index is 0.000000200. The van der Waals surface area contributed by atoms with Crippen molar-refractivity contribution in [2.45, 2.75) is 83.1 Å². The van der Waals surface area contributed by atoms with E-state index in [4.69, 9.17) is 9.97 Å². The zero-order valence-corrected chi connectivity index (χ0v) is 29.3. The van der Waals surface area contributed by atoms with Gasteiger partial charge in [-0.05, 0) is 140 Å². The summed E-state index contributed by atoms with van der Waals surface area (Å²) in [7, 11) is 0. The molecule has 6 aromatic heterocycles. The van der Waals surface area contributed by atoms with Crippen LogP contribution < -0.4 is 0 Å². The van der Waals surface area contributed by atoms with Gasteiger partial charge in [-0.25, -0.2) is 28.7 Å². The molecule has 0 amide bonds. The second kappa shape index (κ2) is 12.9. The van der Waals surface area contributed by atoms with Gasteiger partial charge in [-0.2, -0.15) is 20.4 Å². The van der Waals surface area contributed by atoms with Gasteiger partial charge in [-0.15, -0.1) is 0 Å². The molecule has 0 saturated heterocycles. The molecule has 234 valence electrons. The fraction of sp³-hybridized carbons (Fsp3) is 0.353. The Kier molecular flexibility index (Phi) is 9.64.